The maximum absolute atomic E-state index is 5.77. The smallest absolute Gasteiger partial charge is 0.321 e. The SMILES string of the molecule is COc1nc(Cl)nc(Sc2cccc(C)c2)n1. The molecule has 1 aromatic carbocycles. The standard InChI is InChI=1S/C11H10ClN3OS/c1-7-4-3-5-8(6-7)17-11-14-9(12)13-10(15-11)16-2/h3-6H,1-2H3. The maximum Gasteiger partial charge on any atom is 0.321 e. The fourth-order valence-corrected chi connectivity index (χ4v) is 2.30. The Morgan fingerprint density at radius 2 is 2.06 bits per heavy atom. The zero-order chi connectivity index (χ0) is 12.3. The van der Waals surface area contributed by atoms with Crippen LogP contribution in [0.25, 0.3) is 0 Å². The number of ether oxygens (including phenoxy) is 1. The predicted octanol–water partition coefficient (Wildman–Crippen LogP) is 2.99. The molecular formula is C11H10ClN3OS. The Hall–Kier alpha value is -1.33. The van der Waals surface area contributed by atoms with Gasteiger partial charge in [-0.15, -0.1) is 0 Å². The summed E-state index contributed by atoms with van der Waals surface area (Å²) in [7, 11) is 1.49. The number of aromatic nitrogens is 3. The van der Waals surface area contributed by atoms with Crippen molar-refractivity contribution < 1.29 is 4.74 Å². The molecule has 0 fully saturated rings. The molecule has 17 heavy (non-hydrogen) atoms. The monoisotopic (exact) mass is 267 g/mol. The van der Waals surface area contributed by atoms with Crippen molar-refractivity contribution >= 4 is 23.4 Å². The van der Waals surface area contributed by atoms with Crippen LogP contribution in [0.2, 0.25) is 5.28 Å². The van der Waals surface area contributed by atoms with Gasteiger partial charge in [0, 0.05) is 4.90 Å². The van der Waals surface area contributed by atoms with Crippen molar-refractivity contribution in [2.45, 2.75) is 17.0 Å². The Bertz CT molecular complexity index is 536. The van der Waals surface area contributed by atoms with Crippen molar-refractivity contribution in [2.24, 2.45) is 0 Å². The largest absolute Gasteiger partial charge is 0.467 e. The number of benzene rings is 1. The minimum absolute atomic E-state index is 0.131. The summed E-state index contributed by atoms with van der Waals surface area (Å²) >= 11 is 7.19. The van der Waals surface area contributed by atoms with E-state index in [1.807, 2.05) is 25.1 Å². The molecule has 0 spiro atoms. The molecule has 0 aliphatic heterocycles. The van der Waals surface area contributed by atoms with E-state index >= 15 is 0 Å². The lowest BCUT2D eigenvalue weighted by atomic mass is 10.2. The summed E-state index contributed by atoms with van der Waals surface area (Å²) in [6, 6.07) is 8.28. The number of hydrogen-bond donors (Lipinski definition) is 0. The van der Waals surface area contributed by atoms with Gasteiger partial charge in [0.15, 0.2) is 5.16 Å². The first kappa shape index (κ1) is 12.1. The molecule has 0 amide bonds. The van der Waals surface area contributed by atoms with E-state index in [-0.39, 0.29) is 11.3 Å². The van der Waals surface area contributed by atoms with Gasteiger partial charge >= 0.3 is 6.01 Å². The van der Waals surface area contributed by atoms with Crippen LogP contribution >= 0.6 is 23.4 Å². The zero-order valence-electron chi connectivity index (χ0n) is 9.35. The molecule has 0 aliphatic rings. The van der Waals surface area contributed by atoms with Crippen LogP contribution in [-0.4, -0.2) is 22.1 Å². The van der Waals surface area contributed by atoms with Crippen LogP contribution in [0.4, 0.5) is 0 Å². The molecular weight excluding hydrogens is 258 g/mol. The fraction of sp³-hybridized carbons (Fsp3) is 0.182. The summed E-state index contributed by atoms with van der Waals surface area (Å²) in [4.78, 5) is 13.0. The van der Waals surface area contributed by atoms with E-state index < -0.39 is 0 Å². The normalized spacial score (nSPS) is 10.3. The first-order valence-corrected chi connectivity index (χ1v) is 6.07. The average molecular weight is 268 g/mol. The second-order valence-electron chi connectivity index (χ2n) is 3.29. The Labute approximate surface area is 108 Å². The van der Waals surface area contributed by atoms with Crippen LogP contribution in [0.15, 0.2) is 34.3 Å². The van der Waals surface area contributed by atoms with Crippen LogP contribution in [0.5, 0.6) is 6.01 Å². The van der Waals surface area contributed by atoms with Gasteiger partial charge in [0.1, 0.15) is 0 Å². The molecule has 0 atom stereocenters. The second kappa shape index (κ2) is 5.33. The molecule has 0 saturated carbocycles. The predicted molar refractivity (Wildman–Crippen MR) is 66.7 cm³/mol. The van der Waals surface area contributed by atoms with Crippen LogP contribution in [0, 0.1) is 6.92 Å². The summed E-state index contributed by atoms with van der Waals surface area (Å²) in [5, 5.41) is 0.652. The van der Waals surface area contributed by atoms with Gasteiger partial charge in [0.05, 0.1) is 7.11 Å². The van der Waals surface area contributed by atoms with E-state index in [4.69, 9.17) is 16.3 Å². The van der Waals surface area contributed by atoms with Crippen LogP contribution < -0.4 is 4.74 Å². The highest BCUT2D eigenvalue weighted by atomic mass is 35.5. The molecule has 2 aromatic rings. The summed E-state index contributed by atoms with van der Waals surface area (Å²) in [6.45, 7) is 2.03. The van der Waals surface area contributed by atoms with Gasteiger partial charge in [-0.2, -0.15) is 15.0 Å². The van der Waals surface area contributed by atoms with Gasteiger partial charge in [-0.1, -0.05) is 17.7 Å². The van der Waals surface area contributed by atoms with E-state index in [0.29, 0.717) is 5.16 Å². The van der Waals surface area contributed by atoms with Crippen molar-refractivity contribution in [3.8, 4) is 6.01 Å². The lowest BCUT2D eigenvalue weighted by Crippen LogP contribution is -1.96. The van der Waals surface area contributed by atoms with Gasteiger partial charge < -0.3 is 4.74 Å². The fourth-order valence-electron chi connectivity index (χ4n) is 1.24. The summed E-state index contributed by atoms with van der Waals surface area (Å²) < 4.78 is 4.94. The highest BCUT2D eigenvalue weighted by Gasteiger charge is 2.06. The average Bonchev–Trinajstić information content (AvgIpc) is 2.28. The van der Waals surface area contributed by atoms with Crippen molar-refractivity contribution in [1.29, 1.82) is 0 Å². The van der Waals surface area contributed by atoms with Crippen molar-refractivity contribution in [2.75, 3.05) is 7.11 Å². The first-order valence-electron chi connectivity index (χ1n) is 4.87. The number of nitrogens with zero attached hydrogens (tertiary/aromatic N) is 3. The number of methoxy groups -OCH3 is 1. The third kappa shape index (κ3) is 3.31. The molecule has 0 bridgehead atoms. The van der Waals surface area contributed by atoms with Gasteiger partial charge in [-0.3, -0.25) is 0 Å². The Morgan fingerprint density at radius 1 is 1.24 bits per heavy atom. The van der Waals surface area contributed by atoms with E-state index in [1.165, 1.54) is 24.4 Å². The molecule has 0 unspecified atom stereocenters. The summed E-state index contributed by atoms with van der Waals surface area (Å²) in [6.07, 6.45) is 0. The lowest BCUT2D eigenvalue weighted by Gasteiger charge is -2.03. The Balaban J connectivity index is 2.26. The number of rotatable bonds is 3. The molecule has 0 radical (unpaired) electrons. The van der Waals surface area contributed by atoms with Crippen molar-refractivity contribution in [1.82, 2.24) is 15.0 Å². The van der Waals surface area contributed by atoms with Crippen molar-refractivity contribution in [3.63, 3.8) is 0 Å². The second-order valence-corrected chi connectivity index (χ2v) is 4.67. The summed E-state index contributed by atoms with van der Waals surface area (Å²) in [5.74, 6) is 0. The van der Waals surface area contributed by atoms with Gasteiger partial charge in [-0.05, 0) is 42.4 Å². The minimum atomic E-state index is 0.131. The van der Waals surface area contributed by atoms with Crippen molar-refractivity contribution in [3.05, 3.63) is 35.1 Å². The third-order valence-electron chi connectivity index (χ3n) is 1.95. The highest BCUT2D eigenvalue weighted by molar-refractivity contribution is 7.99. The van der Waals surface area contributed by atoms with Gasteiger partial charge in [0.25, 0.3) is 0 Å². The number of aryl methyl sites for hydroxylation is 1. The van der Waals surface area contributed by atoms with Crippen LogP contribution in [-0.2, 0) is 0 Å². The van der Waals surface area contributed by atoms with Crippen LogP contribution in [0.3, 0.4) is 0 Å². The van der Waals surface area contributed by atoms with E-state index in [2.05, 4.69) is 21.0 Å². The molecule has 88 valence electrons. The zero-order valence-corrected chi connectivity index (χ0v) is 10.9. The van der Waals surface area contributed by atoms with Crippen LogP contribution in [0.1, 0.15) is 5.56 Å². The Kier molecular flexibility index (Phi) is 3.81. The third-order valence-corrected chi connectivity index (χ3v) is 2.97. The van der Waals surface area contributed by atoms with E-state index in [0.717, 1.165) is 4.90 Å². The lowest BCUT2D eigenvalue weighted by molar-refractivity contribution is 0.373. The first-order chi connectivity index (χ1) is 8.17. The highest BCUT2D eigenvalue weighted by Crippen LogP contribution is 2.26. The molecule has 1 heterocycles. The maximum atomic E-state index is 5.77. The van der Waals surface area contributed by atoms with Gasteiger partial charge in [-0.25, -0.2) is 0 Å². The molecule has 0 N–H and O–H groups in total. The number of hydrogen-bond acceptors (Lipinski definition) is 5. The summed E-state index contributed by atoms with van der Waals surface area (Å²) in [5.41, 5.74) is 1.18. The molecule has 0 saturated heterocycles. The molecule has 4 nitrogen and oxygen atoms in total. The number of halogens is 1. The van der Waals surface area contributed by atoms with E-state index in [1.54, 1.807) is 0 Å². The molecule has 6 heteroatoms. The molecule has 2 rings (SSSR count). The topological polar surface area (TPSA) is 47.9 Å². The Morgan fingerprint density at radius 3 is 2.76 bits per heavy atom. The quantitative estimate of drug-likeness (QED) is 0.856. The molecule has 0 aliphatic carbocycles. The van der Waals surface area contributed by atoms with Gasteiger partial charge in [0.2, 0.25) is 5.28 Å². The van der Waals surface area contributed by atoms with E-state index in [9.17, 15) is 0 Å². The molecule has 1 aromatic heterocycles. The minimum Gasteiger partial charge on any atom is -0.467 e.